The van der Waals surface area contributed by atoms with Gasteiger partial charge in [0.05, 0.1) is 9.37 Å². The molecule has 0 aliphatic carbocycles. The molecule has 1 saturated heterocycles. The molecule has 0 atom stereocenters. The summed E-state index contributed by atoms with van der Waals surface area (Å²) in [6, 6.07) is 3.82. The molecule has 7 heteroatoms. The molecule has 20 heavy (non-hydrogen) atoms. The number of rotatable bonds is 4. The zero-order valence-electron chi connectivity index (χ0n) is 11.3. The lowest BCUT2D eigenvalue weighted by molar-refractivity contribution is 0.220. The number of nitrogens with one attached hydrogen (secondary N) is 1. The Bertz CT molecular complexity index is 572. The second-order valence-electron chi connectivity index (χ2n) is 5.17. The summed E-state index contributed by atoms with van der Waals surface area (Å²) in [5.74, 6) is -0.228. The fourth-order valence-electron chi connectivity index (χ4n) is 2.22. The van der Waals surface area contributed by atoms with Crippen LogP contribution in [0.2, 0.25) is 0 Å². The first-order valence-electron chi connectivity index (χ1n) is 6.52. The van der Waals surface area contributed by atoms with E-state index in [-0.39, 0.29) is 9.37 Å². The maximum Gasteiger partial charge on any atom is 0.240 e. The van der Waals surface area contributed by atoms with Gasteiger partial charge in [0.1, 0.15) is 5.82 Å². The molecule has 1 aliphatic rings. The molecule has 1 heterocycles. The normalized spacial score (nSPS) is 18.4. The van der Waals surface area contributed by atoms with Crippen molar-refractivity contribution >= 4 is 26.0 Å². The van der Waals surface area contributed by atoms with Crippen molar-refractivity contribution in [3.8, 4) is 0 Å². The third kappa shape index (κ3) is 4.00. The Morgan fingerprint density at radius 3 is 2.65 bits per heavy atom. The van der Waals surface area contributed by atoms with Crippen LogP contribution in [0.1, 0.15) is 12.8 Å². The van der Waals surface area contributed by atoms with Crippen LogP contribution in [0.5, 0.6) is 0 Å². The van der Waals surface area contributed by atoms with Crippen LogP contribution in [0.4, 0.5) is 4.39 Å². The Balaban J connectivity index is 1.98. The van der Waals surface area contributed by atoms with Crippen LogP contribution >= 0.6 is 15.9 Å². The van der Waals surface area contributed by atoms with Gasteiger partial charge in [-0.25, -0.2) is 17.5 Å². The summed E-state index contributed by atoms with van der Waals surface area (Å²) in [5, 5.41) is 0. The van der Waals surface area contributed by atoms with E-state index in [1.54, 1.807) is 0 Å². The SMILES string of the molecule is CN1CCC(CNS(=O)(=O)c2ccc(Br)c(F)c2)CC1. The first kappa shape index (κ1) is 15.9. The minimum absolute atomic E-state index is 0.0360. The van der Waals surface area contributed by atoms with Gasteiger partial charge in [-0.1, -0.05) is 0 Å². The Morgan fingerprint density at radius 1 is 1.40 bits per heavy atom. The van der Waals surface area contributed by atoms with Gasteiger partial charge in [-0.05, 0) is 73.0 Å². The predicted octanol–water partition coefficient (Wildman–Crippen LogP) is 2.21. The molecular weight excluding hydrogens is 347 g/mol. The van der Waals surface area contributed by atoms with E-state index >= 15 is 0 Å². The Hall–Kier alpha value is -0.500. The number of hydrogen-bond donors (Lipinski definition) is 1. The molecule has 0 spiro atoms. The number of halogens is 2. The van der Waals surface area contributed by atoms with Crippen molar-refractivity contribution in [2.24, 2.45) is 5.92 Å². The molecular formula is C13H18BrFN2O2S. The van der Waals surface area contributed by atoms with Gasteiger partial charge in [0.2, 0.25) is 10.0 Å². The number of benzene rings is 1. The summed E-state index contributed by atoms with van der Waals surface area (Å²) >= 11 is 3.01. The number of piperidine rings is 1. The van der Waals surface area contributed by atoms with E-state index in [4.69, 9.17) is 0 Å². The van der Waals surface area contributed by atoms with Crippen molar-refractivity contribution in [3.05, 3.63) is 28.5 Å². The molecule has 0 radical (unpaired) electrons. The van der Waals surface area contributed by atoms with E-state index in [1.165, 1.54) is 12.1 Å². The summed E-state index contributed by atoms with van der Waals surface area (Å²) in [5.41, 5.74) is 0. The van der Waals surface area contributed by atoms with Crippen molar-refractivity contribution in [1.29, 1.82) is 0 Å². The summed E-state index contributed by atoms with van der Waals surface area (Å²) < 4.78 is 40.4. The van der Waals surface area contributed by atoms with E-state index in [9.17, 15) is 12.8 Å². The quantitative estimate of drug-likeness (QED) is 0.890. The van der Waals surface area contributed by atoms with E-state index in [0.29, 0.717) is 12.5 Å². The first-order chi connectivity index (χ1) is 9.38. The van der Waals surface area contributed by atoms with Crippen LogP contribution in [0, 0.1) is 11.7 Å². The Labute approximate surface area is 127 Å². The van der Waals surface area contributed by atoms with Gasteiger partial charge in [-0.3, -0.25) is 0 Å². The fraction of sp³-hybridized carbons (Fsp3) is 0.538. The second kappa shape index (κ2) is 6.51. The molecule has 1 N–H and O–H groups in total. The highest BCUT2D eigenvalue weighted by atomic mass is 79.9. The monoisotopic (exact) mass is 364 g/mol. The average molecular weight is 365 g/mol. The molecule has 0 unspecified atom stereocenters. The number of sulfonamides is 1. The second-order valence-corrected chi connectivity index (χ2v) is 7.80. The molecule has 2 rings (SSSR count). The third-order valence-corrected chi connectivity index (χ3v) is 5.67. The Kier molecular flexibility index (Phi) is 5.17. The topological polar surface area (TPSA) is 49.4 Å². The maximum absolute atomic E-state index is 13.4. The minimum atomic E-state index is -3.64. The third-order valence-electron chi connectivity index (χ3n) is 3.60. The molecule has 1 aromatic carbocycles. The fourth-order valence-corrected chi connectivity index (χ4v) is 3.60. The number of nitrogens with zero attached hydrogens (tertiary/aromatic N) is 1. The van der Waals surface area contributed by atoms with Gasteiger partial charge in [-0.15, -0.1) is 0 Å². The lowest BCUT2D eigenvalue weighted by Crippen LogP contribution is -2.36. The van der Waals surface area contributed by atoms with Crippen molar-refractivity contribution in [3.63, 3.8) is 0 Å². The molecule has 112 valence electrons. The molecule has 0 aromatic heterocycles. The van der Waals surface area contributed by atoms with E-state index in [1.807, 2.05) is 0 Å². The summed E-state index contributed by atoms with van der Waals surface area (Å²) in [4.78, 5) is 2.20. The van der Waals surface area contributed by atoms with Crippen molar-refractivity contribution in [2.45, 2.75) is 17.7 Å². The standard InChI is InChI=1S/C13H18BrFN2O2S/c1-17-6-4-10(5-7-17)9-16-20(18,19)11-2-3-12(14)13(15)8-11/h2-3,8,10,16H,4-7,9H2,1H3. The predicted molar refractivity (Wildman–Crippen MR) is 79.5 cm³/mol. The highest BCUT2D eigenvalue weighted by molar-refractivity contribution is 9.10. The van der Waals surface area contributed by atoms with Crippen molar-refractivity contribution in [1.82, 2.24) is 9.62 Å². The molecule has 4 nitrogen and oxygen atoms in total. The van der Waals surface area contributed by atoms with Gasteiger partial charge in [0.15, 0.2) is 0 Å². The first-order valence-corrected chi connectivity index (χ1v) is 8.79. The van der Waals surface area contributed by atoms with Crippen molar-refractivity contribution < 1.29 is 12.8 Å². The molecule has 1 aromatic rings. The van der Waals surface area contributed by atoms with Crippen LogP contribution in [0.3, 0.4) is 0 Å². The zero-order valence-corrected chi connectivity index (χ0v) is 13.7. The maximum atomic E-state index is 13.4. The summed E-state index contributed by atoms with van der Waals surface area (Å²) in [6.45, 7) is 2.38. The van der Waals surface area contributed by atoms with Crippen LogP contribution in [0.15, 0.2) is 27.6 Å². The number of likely N-dealkylation sites (tertiary alicyclic amines) is 1. The van der Waals surface area contributed by atoms with Crippen molar-refractivity contribution in [2.75, 3.05) is 26.7 Å². The number of hydrogen-bond acceptors (Lipinski definition) is 3. The lowest BCUT2D eigenvalue weighted by Gasteiger charge is -2.28. The van der Waals surface area contributed by atoms with Crippen LogP contribution in [0.25, 0.3) is 0 Å². The van der Waals surface area contributed by atoms with Gasteiger partial charge in [0.25, 0.3) is 0 Å². The zero-order chi connectivity index (χ0) is 14.8. The highest BCUT2D eigenvalue weighted by Gasteiger charge is 2.21. The average Bonchev–Trinajstić information content (AvgIpc) is 2.41. The molecule has 0 amide bonds. The molecule has 1 fully saturated rings. The molecule has 1 aliphatic heterocycles. The summed E-state index contributed by atoms with van der Waals surface area (Å²) in [6.07, 6.45) is 1.96. The van der Waals surface area contributed by atoms with E-state index < -0.39 is 15.8 Å². The van der Waals surface area contributed by atoms with Crippen LogP contribution < -0.4 is 4.72 Å². The Morgan fingerprint density at radius 2 is 2.05 bits per heavy atom. The minimum Gasteiger partial charge on any atom is -0.306 e. The smallest absolute Gasteiger partial charge is 0.240 e. The van der Waals surface area contributed by atoms with Gasteiger partial charge < -0.3 is 4.90 Å². The molecule has 0 saturated carbocycles. The highest BCUT2D eigenvalue weighted by Crippen LogP contribution is 2.20. The van der Waals surface area contributed by atoms with Crippen LogP contribution in [-0.4, -0.2) is 40.0 Å². The van der Waals surface area contributed by atoms with E-state index in [0.717, 1.165) is 32.0 Å². The summed E-state index contributed by atoms with van der Waals surface area (Å²) in [7, 11) is -1.58. The largest absolute Gasteiger partial charge is 0.306 e. The molecule has 0 bridgehead atoms. The lowest BCUT2D eigenvalue weighted by atomic mass is 9.98. The van der Waals surface area contributed by atoms with Gasteiger partial charge in [-0.2, -0.15) is 0 Å². The van der Waals surface area contributed by atoms with Gasteiger partial charge >= 0.3 is 0 Å². The van der Waals surface area contributed by atoms with Crippen LogP contribution in [-0.2, 0) is 10.0 Å². The van der Waals surface area contributed by atoms with E-state index in [2.05, 4.69) is 32.6 Å². The van der Waals surface area contributed by atoms with Gasteiger partial charge in [0, 0.05) is 6.54 Å².